The summed E-state index contributed by atoms with van der Waals surface area (Å²) in [5.74, 6) is 1.40. The molecule has 0 saturated heterocycles. The van der Waals surface area contributed by atoms with Crippen molar-refractivity contribution >= 4 is 23.2 Å². The zero-order valence-electron chi connectivity index (χ0n) is 11.0. The van der Waals surface area contributed by atoms with Crippen molar-refractivity contribution in [3.63, 3.8) is 0 Å². The predicted molar refractivity (Wildman–Crippen MR) is 74.4 cm³/mol. The largest absolute Gasteiger partial charge is 0.391 e. The lowest BCUT2D eigenvalue weighted by Gasteiger charge is -2.20. The predicted octanol–water partition coefficient (Wildman–Crippen LogP) is 1.99. The number of aliphatic hydroxyl groups excluding tert-OH is 1. The zero-order valence-corrected chi connectivity index (χ0v) is 11.8. The van der Waals surface area contributed by atoms with Crippen LogP contribution >= 0.6 is 11.6 Å². The van der Waals surface area contributed by atoms with Crippen LogP contribution in [0.2, 0.25) is 5.15 Å². The summed E-state index contributed by atoms with van der Waals surface area (Å²) in [4.78, 5) is 8.03. The van der Waals surface area contributed by atoms with Gasteiger partial charge in [0.2, 0.25) is 0 Å². The molecule has 0 fully saturated rings. The molecule has 0 radical (unpaired) electrons. The summed E-state index contributed by atoms with van der Waals surface area (Å²) in [7, 11) is 0. The Morgan fingerprint density at radius 3 is 2.84 bits per heavy atom. The molecule has 0 bridgehead atoms. The highest BCUT2D eigenvalue weighted by molar-refractivity contribution is 6.29. The van der Waals surface area contributed by atoms with Gasteiger partial charge < -0.3 is 10.4 Å². The maximum atomic E-state index is 10.1. The van der Waals surface area contributed by atoms with Gasteiger partial charge in [-0.2, -0.15) is 19.6 Å². The lowest BCUT2D eigenvalue weighted by Crippen LogP contribution is -2.28. The van der Waals surface area contributed by atoms with Gasteiger partial charge in [-0.25, -0.2) is 0 Å². The van der Waals surface area contributed by atoms with E-state index in [2.05, 4.69) is 34.2 Å². The fraction of sp³-hybridized carbons (Fsp3) is 0.583. The van der Waals surface area contributed by atoms with Crippen molar-refractivity contribution in [3.05, 3.63) is 17.5 Å². The van der Waals surface area contributed by atoms with Gasteiger partial charge in [0.05, 0.1) is 6.10 Å². The standard InChI is InChI=1S/C12H18ClN5O/c1-3-8(4-2)9(19)6-14-11-5-10(13)17-12-15-7-16-18(11)12/h5,7-9,14,19H,3-4,6H2,1-2H3. The molecule has 6 nitrogen and oxygen atoms in total. The Hall–Kier alpha value is -1.40. The van der Waals surface area contributed by atoms with E-state index < -0.39 is 6.10 Å². The molecule has 2 aromatic rings. The smallest absolute Gasteiger partial charge is 0.255 e. The highest BCUT2D eigenvalue weighted by Crippen LogP contribution is 2.17. The second-order valence-electron chi connectivity index (χ2n) is 4.46. The van der Waals surface area contributed by atoms with Crippen LogP contribution in [-0.2, 0) is 0 Å². The Balaban J connectivity index is 2.11. The van der Waals surface area contributed by atoms with E-state index in [-0.39, 0.29) is 5.92 Å². The van der Waals surface area contributed by atoms with E-state index in [1.54, 1.807) is 10.6 Å². The Bertz CT molecular complexity index is 540. The molecule has 0 aromatic carbocycles. The van der Waals surface area contributed by atoms with E-state index in [4.69, 9.17) is 11.6 Å². The number of halogens is 1. The van der Waals surface area contributed by atoms with Gasteiger partial charge in [0.15, 0.2) is 0 Å². The molecule has 2 heterocycles. The third-order valence-electron chi connectivity index (χ3n) is 3.31. The number of rotatable bonds is 6. The summed E-state index contributed by atoms with van der Waals surface area (Å²) in [6.07, 6.45) is 2.92. The van der Waals surface area contributed by atoms with Crippen LogP contribution in [0, 0.1) is 5.92 Å². The van der Waals surface area contributed by atoms with Crippen LogP contribution in [0.3, 0.4) is 0 Å². The van der Waals surface area contributed by atoms with Crippen molar-refractivity contribution in [1.82, 2.24) is 19.6 Å². The van der Waals surface area contributed by atoms with Crippen LogP contribution in [0.4, 0.5) is 5.82 Å². The van der Waals surface area contributed by atoms with Crippen LogP contribution in [0.5, 0.6) is 0 Å². The molecule has 0 aliphatic rings. The fourth-order valence-corrected chi connectivity index (χ4v) is 2.30. The quantitative estimate of drug-likeness (QED) is 0.793. The maximum Gasteiger partial charge on any atom is 0.255 e. The van der Waals surface area contributed by atoms with Crippen LogP contribution in [0.25, 0.3) is 5.78 Å². The van der Waals surface area contributed by atoms with E-state index in [9.17, 15) is 5.11 Å². The number of hydrogen-bond acceptors (Lipinski definition) is 5. The first kappa shape index (κ1) is 14.0. The molecule has 0 aliphatic carbocycles. The number of aromatic nitrogens is 4. The van der Waals surface area contributed by atoms with Crippen molar-refractivity contribution < 1.29 is 5.11 Å². The van der Waals surface area contributed by atoms with Gasteiger partial charge in [0.1, 0.15) is 17.3 Å². The van der Waals surface area contributed by atoms with Crippen molar-refractivity contribution in [3.8, 4) is 0 Å². The van der Waals surface area contributed by atoms with E-state index in [1.807, 2.05) is 0 Å². The minimum Gasteiger partial charge on any atom is -0.391 e. The second-order valence-corrected chi connectivity index (χ2v) is 4.85. The SMILES string of the molecule is CCC(CC)C(O)CNc1cc(Cl)nc2ncnn12. The average molecular weight is 284 g/mol. The number of hydrogen-bond donors (Lipinski definition) is 2. The number of nitrogens with zero attached hydrogens (tertiary/aromatic N) is 4. The molecule has 2 aromatic heterocycles. The molecule has 0 saturated carbocycles. The highest BCUT2D eigenvalue weighted by atomic mass is 35.5. The first-order valence-corrected chi connectivity index (χ1v) is 6.81. The van der Waals surface area contributed by atoms with Gasteiger partial charge in [-0.1, -0.05) is 38.3 Å². The summed E-state index contributed by atoms with van der Waals surface area (Å²) in [6, 6.07) is 1.67. The fourth-order valence-electron chi connectivity index (χ4n) is 2.12. The molecule has 2 N–H and O–H groups in total. The normalized spacial score (nSPS) is 13.1. The van der Waals surface area contributed by atoms with Gasteiger partial charge in [0.25, 0.3) is 5.78 Å². The molecular weight excluding hydrogens is 266 g/mol. The minimum atomic E-state index is -0.402. The van der Waals surface area contributed by atoms with Crippen LogP contribution < -0.4 is 5.32 Å². The average Bonchev–Trinajstić information content (AvgIpc) is 2.85. The Morgan fingerprint density at radius 1 is 1.42 bits per heavy atom. The van der Waals surface area contributed by atoms with Crippen LogP contribution in [0.1, 0.15) is 26.7 Å². The topological polar surface area (TPSA) is 75.3 Å². The molecule has 104 valence electrons. The summed E-state index contributed by atoms with van der Waals surface area (Å²) in [6.45, 7) is 4.61. The van der Waals surface area contributed by atoms with Crippen molar-refractivity contribution in [2.75, 3.05) is 11.9 Å². The minimum absolute atomic E-state index is 0.288. The number of aliphatic hydroxyl groups is 1. The number of fused-ring (bicyclic) bond motifs is 1. The summed E-state index contributed by atoms with van der Waals surface area (Å²) >= 11 is 5.92. The number of anilines is 1. The highest BCUT2D eigenvalue weighted by Gasteiger charge is 2.16. The molecule has 0 spiro atoms. The van der Waals surface area contributed by atoms with Gasteiger partial charge in [-0.3, -0.25) is 0 Å². The molecule has 7 heteroatoms. The monoisotopic (exact) mass is 283 g/mol. The summed E-state index contributed by atoms with van der Waals surface area (Å²) in [5.41, 5.74) is 0. The molecule has 1 atom stereocenters. The molecular formula is C12H18ClN5O. The first-order valence-electron chi connectivity index (χ1n) is 6.43. The first-order chi connectivity index (χ1) is 9.15. The van der Waals surface area contributed by atoms with E-state index in [0.29, 0.717) is 23.3 Å². The van der Waals surface area contributed by atoms with E-state index in [0.717, 1.165) is 12.8 Å². The maximum absolute atomic E-state index is 10.1. The van der Waals surface area contributed by atoms with Gasteiger partial charge in [0, 0.05) is 12.6 Å². The Kier molecular flexibility index (Phi) is 4.55. The van der Waals surface area contributed by atoms with Crippen molar-refractivity contribution in [2.24, 2.45) is 5.92 Å². The Labute approximate surface area is 116 Å². The molecule has 19 heavy (non-hydrogen) atoms. The van der Waals surface area contributed by atoms with Gasteiger partial charge >= 0.3 is 0 Å². The number of nitrogens with one attached hydrogen (secondary N) is 1. The van der Waals surface area contributed by atoms with E-state index >= 15 is 0 Å². The lowest BCUT2D eigenvalue weighted by atomic mass is 9.97. The second kappa shape index (κ2) is 6.16. The lowest BCUT2D eigenvalue weighted by molar-refractivity contribution is 0.114. The van der Waals surface area contributed by atoms with E-state index in [1.165, 1.54) is 6.33 Å². The zero-order chi connectivity index (χ0) is 13.8. The molecule has 1 unspecified atom stereocenters. The van der Waals surface area contributed by atoms with Crippen LogP contribution in [-0.4, -0.2) is 37.3 Å². The van der Waals surface area contributed by atoms with Gasteiger partial charge in [-0.15, -0.1) is 0 Å². The van der Waals surface area contributed by atoms with Crippen LogP contribution in [0.15, 0.2) is 12.4 Å². The Morgan fingerprint density at radius 2 is 2.16 bits per heavy atom. The summed E-state index contributed by atoms with van der Waals surface area (Å²) < 4.78 is 1.56. The molecule has 2 rings (SSSR count). The molecule has 0 amide bonds. The summed E-state index contributed by atoms with van der Waals surface area (Å²) in [5, 5.41) is 17.7. The van der Waals surface area contributed by atoms with Gasteiger partial charge in [-0.05, 0) is 5.92 Å². The van der Waals surface area contributed by atoms with Crippen molar-refractivity contribution in [1.29, 1.82) is 0 Å². The third-order valence-corrected chi connectivity index (χ3v) is 3.50. The third kappa shape index (κ3) is 3.13. The molecule has 0 aliphatic heterocycles. The van der Waals surface area contributed by atoms with Crippen molar-refractivity contribution in [2.45, 2.75) is 32.8 Å².